The van der Waals surface area contributed by atoms with Gasteiger partial charge in [-0.2, -0.15) is 0 Å². The maximum Gasteiger partial charge on any atom is 0.308 e. The number of pyridine rings is 1. The van der Waals surface area contributed by atoms with Gasteiger partial charge < -0.3 is 10.0 Å². The maximum atomic E-state index is 11.4. The quantitative estimate of drug-likeness (QED) is 0.909. The standard InChI is InChI=1S/C16H16N2O2/c19-16(20)12-9-10-5-6-14(12)18(10)15-7-8-17-13-4-2-1-3-11(13)15/h1-4,7-8,10,12,14H,5-6,9H2,(H,19,20). The molecule has 2 fully saturated rings. The topological polar surface area (TPSA) is 53.4 Å². The number of fused-ring (bicyclic) bond motifs is 3. The number of rotatable bonds is 2. The Kier molecular flexibility index (Phi) is 2.46. The van der Waals surface area contributed by atoms with Crippen LogP contribution in [0.25, 0.3) is 10.9 Å². The minimum atomic E-state index is -0.652. The van der Waals surface area contributed by atoms with Gasteiger partial charge in [0.1, 0.15) is 0 Å². The van der Waals surface area contributed by atoms with Crippen LogP contribution in [-0.4, -0.2) is 28.1 Å². The van der Waals surface area contributed by atoms with Crippen molar-refractivity contribution in [2.45, 2.75) is 31.3 Å². The average Bonchev–Trinajstić information content (AvgIpc) is 3.04. The molecule has 1 aromatic heterocycles. The van der Waals surface area contributed by atoms with Gasteiger partial charge in [-0.1, -0.05) is 18.2 Å². The molecule has 2 aliphatic rings. The molecule has 0 saturated carbocycles. The predicted octanol–water partition coefficient (Wildman–Crippen LogP) is 2.68. The van der Waals surface area contributed by atoms with Gasteiger partial charge in [0.25, 0.3) is 0 Å². The third kappa shape index (κ3) is 1.54. The zero-order valence-corrected chi connectivity index (χ0v) is 11.1. The monoisotopic (exact) mass is 268 g/mol. The number of carboxylic acids is 1. The van der Waals surface area contributed by atoms with Crippen molar-refractivity contribution in [1.29, 1.82) is 0 Å². The summed E-state index contributed by atoms with van der Waals surface area (Å²) in [5.41, 5.74) is 2.12. The third-order valence-corrected chi connectivity index (χ3v) is 4.76. The van der Waals surface area contributed by atoms with Crippen molar-refractivity contribution in [3.8, 4) is 0 Å². The molecule has 3 unspecified atom stereocenters. The lowest BCUT2D eigenvalue weighted by molar-refractivity contribution is -0.142. The van der Waals surface area contributed by atoms with Gasteiger partial charge in [-0.3, -0.25) is 9.78 Å². The lowest BCUT2D eigenvalue weighted by atomic mass is 9.89. The van der Waals surface area contributed by atoms with E-state index in [9.17, 15) is 9.90 Å². The Labute approximate surface area is 117 Å². The van der Waals surface area contributed by atoms with Crippen LogP contribution in [0, 0.1) is 5.92 Å². The fourth-order valence-corrected chi connectivity index (χ4v) is 3.94. The first-order valence-corrected chi connectivity index (χ1v) is 7.10. The summed E-state index contributed by atoms with van der Waals surface area (Å²) in [7, 11) is 0. The van der Waals surface area contributed by atoms with Crippen molar-refractivity contribution >= 4 is 22.6 Å². The SMILES string of the molecule is O=C(O)C1CC2CCC1N2c1ccnc2ccccc12. The van der Waals surface area contributed by atoms with E-state index in [0.29, 0.717) is 6.04 Å². The predicted molar refractivity (Wildman–Crippen MR) is 76.8 cm³/mol. The molecule has 2 bridgehead atoms. The Balaban J connectivity index is 1.83. The fourth-order valence-electron chi connectivity index (χ4n) is 3.94. The van der Waals surface area contributed by atoms with E-state index in [0.717, 1.165) is 35.9 Å². The van der Waals surface area contributed by atoms with Gasteiger partial charge in [0.2, 0.25) is 0 Å². The summed E-state index contributed by atoms with van der Waals surface area (Å²) in [4.78, 5) is 18.1. The molecular weight excluding hydrogens is 252 g/mol. The second-order valence-electron chi connectivity index (χ2n) is 5.73. The summed E-state index contributed by atoms with van der Waals surface area (Å²) in [6, 6.07) is 10.6. The van der Waals surface area contributed by atoms with Gasteiger partial charge in [-0.15, -0.1) is 0 Å². The van der Waals surface area contributed by atoms with E-state index in [1.165, 1.54) is 0 Å². The van der Waals surface area contributed by atoms with Gasteiger partial charge in [0.05, 0.1) is 11.4 Å². The van der Waals surface area contributed by atoms with Crippen molar-refractivity contribution < 1.29 is 9.90 Å². The maximum absolute atomic E-state index is 11.4. The first-order chi connectivity index (χ1) is 9.75. The lowest BCUT2D eigenvalue weighted by Gasteiger charge is -2.26. The molecule has 0 amide bonds. The molecule has 20 heavy (non-hydrogen) atoms. The van der Waals surface area contributed by atoms with Crippen LogP contribution in [0.4, 0.5) is 5.69 Å². The number of aromatic nitrogens is 1. The van der Waals surface area contributed by atoms with Gasteiger partial charge in [0.15, 0.2) is 0 Å². The molecule has 3 atom stereocenters. The summed E-state index contributed by atoms with van der Waals surface area (Å²) in [5, 5.41) is 10.5. The number of carbonyl (C=O) groups is 1. The summed E-state index contributed by atoms with van der Waals surface area (Å²) < 4.78 is 0. The molecule has 0 radical (unpaired) electrons. The second-order valence-corrected chi connectivity index (χ2v) is 5.73. The Morgan fingerprint density at radius 2 is 2.10 bits per heavy atom. The summed E-state index contributed by atoms with van der Waals surface area (Å²) in [6.07, 6.45) is 4.69. The molecule has 0 spiro atoms. The van der Waals surface area contributed by atoms with Crippen molar-refractivity contribution in [2.75, 3.05) is 4.90 Å². The first kappa shape index (κ1) is 11.7. The highest BCUT2D eigenvalue weighted by Crippen LogP contribution is 2.46. The van der Waals surface area contributed by atoms with Gasteiger partial charge in [-0.05, 0) is 31.4 Å². The number of para-hydroxylation sites is 1. The van der Waals surface area contributed by atoms with E-state index in [1.54, 1.807) is 0 Å². The number of anilines is 1. The zero-order valence-electron chi connectivity index (χ0n) is 11.1. The van der Waals surface area contributed by atoms with Crippen molar-refractivity contribution in [3.63, 3.8) is 0 Å². The molecule has 1 N–H and O–H groups in total. The molecule has 0 aliphatic carbocycles. The summed E-state index contributed by atoms with van der Waals surface area (Å²) >= 11 is 0. The molecular formula is C16H16N2O2. The van der Waals surface area contributed by atoms with Crippen molar-refractivity contribution in [1.82, 2.24) is 4.98 Å². The number of hydrogen-bond acceptors (Lipinski definition) is 3. The smallest absolute Gasteiger partial charge is 0.308 e. The van der Waals surface area contributed by atoms with E-state index >= 15 is 0 Å². The molecule has 2 aromatic rings. The van der Waals surface area contributed by atoms with E-state index in [-0.39, 0.29) is 12.0 Å². The van der Waals surface area contributed by atoms with Crippen molar-refractivity contribution in [3.05, 3.63) is 36.5 Å². The number of hydrogen-bond donors (Lipinski definition) is 1. The second kappa shape index (κ2) is 4.20. The highest BCUT2D eigenvalue weighted by molar-refractivity contribution is 5.92. The number of aliphatic carboxylic acids is 1. The fraction of sp³-hybridized carbons (Fsp3) is 0.375. The van der Waals surface area contributed by atoms with Crippen LogP contribution in [0.3, 0.4) is 0 Å². The van der Waals surface area contributed by atoms with Crippen LogP contribution in [0.1, 0.15) is 19.3 Å². The Morgan fingerprint density at radius 1 is 1.25 bits per heavy atom. The van der Waals surface area contributed by atoms with Crippen LogP contribution in [0.15, 0.2) is 36.5 Å². The normalized spacial score (nSPS) is 28.2. The molecule has 3 heterocycles. The van der Waals surface area contributed by atoms with E-state index in [4.69, 9.17) is 0 Å². The summed E-state index contributed by atoms with van der Waals surface area (Å²) in [5.74, 6) is -0.874. The lowest BCUT2D eigenvalue weighted by Crippen LogP contribution is -2.33. The molecule has 4 rings (SSSR count). The van der Waals surface area contributed by atoms with E-state index < -0.39 is 5.97 Å². The highest BCUT2D eigenvalue weighted by atomic mass is 16.4. The van der Waals surface area contributed by atoms with Gasteiger partial charge >= 0.3 is 5.97 Å². The minimum absolute atomic E-state index is 0.142. The van der Waals surface area contributed by atoms with Gasteiger partial charge in [0, 0.05) is 29.4 Å². The van der Waals surface area contributed by atoms with E-state index in [1.807, 2.05) is 30.5 Å². The Hall–Kier alpha value is -2.10. The molecule has 102 valence electrons. The van der Waals surface area contributed by atoms with Crippen molar-refractivity contribution in [2.24, 2.45) is 5.92 Å². The number of carboxylic acid groups (broad SMARTS) is 1. The van der Waals surface area contributed by atoms with Crippen LogP contribution >= 0.6 is 0 Å². The third-order valence-electron chi connectivity index (χ3n) is 4.76. The first-order valence-electron chi connectivity index (χ1n) is 7.10. The number of nitrogens with zero attached hydrogens (tertiary/aromatic N) is 2. The average molecular weight is 268 g/mol. The molecule has 4 heteroatoms. The van der Waals surface area contributed by atoms with Crippen LogP contribution in [0.5, 0.6) is 0 Å². The molecule has 4 nitrogen and oxygen atoms in total. The largest absolute Gasteiger partial charge is 0.481 e. The number of benzene rings is 1. The highest BCUT2D eigenvalue weighted by Gasteiger charge is 2.49. The molecule has 1 aromatic carbocycles. The Morgan fingerprint density at radius 3 is 2.90 bits per heavy atom. The van der Waals surface area contributed by atoms with Gasteiger partial charge in [-0.25, -0.2) is 0 Å². The van der Waals surface area contributed by atoms with Crippen LogP contribution < -0.4 is 4.90 Å². The zero-order chi connectivity index (χ0) is 13.7. The van der Waals surface area contributed by atoms with Crippen LogP contribution in [0.2, 0.25) is 0 Å². The minimum Gasteiger partial charge on any atom is -0.481 e. The molecule has 2 aliphatic heterocycles. The summed E-state index contributed by atoms with van der Waals surface area (Å²) in [6.45, 7) is 0. The van der Waals surface area contributed by atoms with Crippen LogP contribution in [-0.2, 0) is 4.79 Å². The Bertz CT molecular complexity index is 680. The molecule has 2 saturated heterocycles. The van der Waals surface area contributed by atoms with E-state index in [2.05, 4.69) is 16.0 Å².